The van der Waals surface area contributed by atoms with Gasteiger partial charge >= 0.3 is 11.9 Å². The number of methoxy groups -OCH3 is 1. The predicted molar refractivity (Wildman–Crippen MR) is 126 cm³/mol. The van der Waals surface area contributed by atoms with Gasteiger partial charge in [0.2, 0.25) is 0 Å². The molecule has 0 spiro atoms. The first-order chi connectivity index (χ1) is 16.7. The van der Waals surface area contributed by atoms with Crippen molar-refractivity contribution in [2.45, 2.75) is 64.4 Å². The zero-order chi connectivity index (χ0) is 25.3. The molecule has 2 aliphatic carbocycles. The summed E-state index contributed by atoms with van der Waals surface area (Å²) >= 11 is 0. The Morgan fingerprint density at radius 3 is 2.49 bits per heavy atom. The molecule has 4 rings (SSSR count). The van der Waals surface area contributed by atoms with Crippen molar-refractivity contribution >= 4 is 23.4 Å². The third kappa shape index (κ3) is 4.59. The maximum absolute atomic E-state index is 13.8. The van der Waals surface area contributed by atoms with E-state index in [1.165, 1.54) is 19.2 Å². The molecule has 1 aromatic rings. The Morgan fingerprint density at radius 1 is 1.14 bits per heavy atom. The number of nitrogens with zero attached hydrogens (tertiary/aromatic N) is 1. The van der Waals surface area contributed by atoms with Gasteiger partial charge in [-0.05, 0) is 44.9 Å². The standard InChI is InChI=1S/C26H30N2O7/c1-14-13-18-23(24(29)20(14)25(30)34-3)22(17-11-7-8-12-19(17)28(32)33)21(15(2)27-18)26(31)35-16-9-5-4-6-10-16/h7-8,11-12,14,16,20,22,27H,4-6,9-10,13H2,1-3H3/t14-,20+,22-/m1/s1. The second-order valence-corrected chi connectivity index (χ2v) is 9.52. The second kappa shape index (κ2) is 10.0. The minimum absolute atomic E-state index is 0.162. The number of hydrogen-bond acceptors (Lipinski definition) is 8. The van der Waals surface area contributed by atoms with Gasteiger partial charge in [0.15, 0.2) is 5.78 Å². The topological polar surface area (TPSA) is 125 Å². The Hall–Kier alpha value is -3.49. The average molecular weight is 483 g/mol. The number of rotatable bonds is 5. The number of Topliss-reactive ketones (excluding diaryl/α,β-unsaturated/α-hetero) is 1. The smallest absolute Gasteiger partial charge is 0.337 e. The number of carbonyl (C=O) groups excluding carboxylic acids is 3. The van der Waals surface area contributed by atoms with Crippen LogP contribution in [0.15, 0.2) is 46.8 Å². The fourth-order valence-corrected chi connectivity index (χ4v) is 5.56. The molecule has 0 aromatic heterocycles. The van der Waals surface area contributed by atoms with E-state index >= 15 is 0 Å². The third-order valence-electron chi connectivity index (χ3n) is 7.23. The lowest BCUT2D eigenvalue weighted by atomic mass is 9.69. The summed E-state index contributed by atoms with van der Waals surface area (Å²) in [5.41, 5.74) is 1.42. The van der Waals surface area contributed by atoms with E-state index in [1.807, 2.05) is 0 Å². The van der Waals surface area contributed by atoms with E-state index in [4.69, 9.17) is 9.47 Å². The Balaban J connectivity index is 1.85. The van der Waals surface area contributed by atoms with Gasteiger partial charge in [-0.15, -0.1) is 0 Å². The summed E-state index contributed by atoms with van der Waals surface area (Å²) < 4.78 is 10.7. The van der Waals surface area contributed by atoms with E-state index in [0.29, 0.717) is 17.8 Å². The van der Waals surface area contributed by atoms with Gasteiger partial charge in [-0.25, -0.2) is 4.79 Å². The molecule has 3 atom stereocenters. The number of dihydropyridines is 1. The highest BCUT2D eigenvalue weighted by Crippen LogP contribution is 2.47. The summed E-state index contributed by atoms with van der Waals surface area (Å²) in [4.78, 5) is 51.2. The average Bonchev–Trinajstić information content (AvgIpc) is 2.83. The molecule has 0 unspecified atom stereocenters. The highest BCUT2D eigenvalue weighted by Gasteiger charge is 2.48. The van der Waals surface area contributed by atoms with Crippen molar-refractivity contribution in [3.63, 3.8) is 0 Å². The van der Waals surface area contributed by atoms with E-state index in [1.54, 1.807) is 26.0 Å². The molecule has 9 nitrogen and oxygen atoms in total. The molecule has 9 heteroatoms. The number of nitro groups is 1. The van der Waals surface area contributed by atoms with Crippen molar-refractivity contribution in [2.24, 2.45) is 11.8 Å². The fraction of sp³-hybridized carbons (Fsp3) is 0.500. The van der Waals surface area contributed by atoms with Crippen LogP contribution in [0.4, 0.5) is 5.69 Å². The van der Waals surface area contributed by atoms with Gasteiger partial charge < -0.3 is 14.8 Å². The summed E-state index contributed by atoms with van der Waals surface area (Å²) in [5.74, 6) is -4.17. The van der Waals surface area contributed by atoms with Crippen LogP contribution in [0.3, 0.4) is 0 Å². The molecule has 1 fully saturated rings. The summed E-state index contributed by atoms with van der Waals surface area (Å²) in [6.45, 7) is 3.50. The highest BCUT2D eigenvalue weighted by molar-refractivity contribution is 6.12. The minimum atomic E-state index is -1.06. The molecule has 3 aliphatic rings. The molecule has 0 radical (unpaired) electrons. The maximum Gasteiger partial charge on any atom is 0.337 e. The molecule has 1 aliphatic heterocycles. The van der Waals surface area contributed by atoms with Gasteiger partial charge in [-0.2, -0.15) is 0 Å². The Kier molecular flexibility index (Phi) is 7.05. The van der Waals surface area contributed by atoms with Crippen LogP contribution in [0.5, 0.6) is 0 Å². The molecule has 1 aromatic carbocycles. The number of hydrogen-bond donors (Lipinski definition) is 1. The second-order valence-electron chi connectivity index (χ2n) is 9.52. The number of para-hydroxylation sites is 1. The van der Waals surface area contributed by atoms with E-state index in [9.17, 15) is 24.5 Å². The van der Waals surface area contributed by atoms with Gasteiger partial charge in [0.05, 0.1) is 23.5 Å². The number of esters is 2. The number of nitro benzene ring substituents is 1. The number of carbonyl (C=O) groups is 3. The van der Waals surface area contributed by atoms with Gasteiger partial charge in [-0.3, -0.25) is 19.7 Å². The van der Waals surface area contributed by atoms with Crippen LogP contribution in [-0.2, 0) is 23.9 Å². The van der Waals surface area contributed by atoms with Crippen LogP contribution < -0.4 is 5.32 Å². The van der Waals surface area contributed by atoms with Crippen molar-refractivity contribution < 1.29 is 28.8 Å². The molecule has 186 valence electrons. The van der Waals surface area contributed by atoms with Gasteiger partial charge in [0.1, 0.15) is 12.0 Å². The third-order valence-corrected chi connectivity index (χ3v) is 7.23. The number of ketones is 1. The van der Waals surface area contributed by atoms with Crippen LogP contribution in [0.25, 0.3) is 0 Å². The summed E-state index contributed by atoms with van der Waals surface area (Å²) in [6, 6.07) is 6.08. The van der Waals surface area contributed by atoms with Gasteiger partial charge in [0.25, 0.3) is 5.69 Å². The first-order valence-electron chi connectivity index (χ1n) is 12.0. The van der Waals surface area contributed by atoms with E-state index < -0.39 is 34.5 Å². The van der Waals surface area contributed by atoms with Crippen molar-refractivity contribution in [1.82, 2.24) is 5.32 Å². The predicted octanol–water partition coefficient (Wildman–Crippen LogP) is 4.08. The summed E-state index contributed by atoms with van der Waals surface area (Å²) in [7, 11) is 1.22. The summed E-state index contributed by atoms with van der Waals surface area (Å²) in [5, 5.41) is 15.1. The van der Waals surface area contributed by atoms with Crippen molar-refractivity contribution in [2.75, 3.05) is 7.11 Å². The largest absolute Gasteiger partial charge is 0.468 e. The molecule has 0 saturated heterocycles. The van der Waals surface area contributed by atoms with Gasteiger partial charge in [0, 0.05) is 28.6 Å². The van der Waals surface area contributed by atoms with Crippen LogP contribution in [0, 0.1) is 22.0 Å². The van der Waals surface area contributed by atoms with Crippen molar-refractivity contribution in [3.8, 4) is 0 Å². The number of nitrogens with one attached hydrogen (secondary N) is 1. The van der Waals surface area contributed by atoms with Gasteiger partial charge in [-0.1, -0.05) is 31.5 Å². The zero-order valence-electron chi connectivity index (χ0n) is 20.2. The molecule has 35 heavy (non-hydrogen) atoms. The monoisotopic (exact) mass is 482 g/mol. The number of allylic oxidation sites excluding steroid dienone is 3. The van der Waals surface area contributed by atoms with E-state index in [-0.39, 0.29) is 34.4 Å². The molecule has 1 N–H and O–H groups in total. The first-order valence-corrected chi connectivity index (χ1v) is 12.0. The molecule has 0 amide bonds. The van der Waals surface area contributed by atoms with Crippen LogP contribution >= 0.6 is 0 Å². The van der Waals surface area contributed by atoms with Crippen LogP contribution in [0.1, 0.15) is 63.9 Å². The van der Waals surface area contributed by atoms with Crippen molar-refractivity contribution in [1.29, 1.82) is 0 Å². The van der Waals surface area contributed by atoms with Crippen LogP contribution in [-0.4, -0.2) is 35.9 Å². The van der Waals surface area contributed by atoms with Crippen LogP contribution in [0.2, 0.25) is 0 Å². The SMILES string of the molecule is COC(=O)[C@@H]1C(=O)C2=C(C[C@H]1C)NC(C)=C(C(=O)OC1CCCCC1)[C@H]2c1ccccc1[N+](=O)[O-]. The Morgan fingerprint density at radius 2 is 1.83 bits per heavy atom. The van der Waals surface area contributed by atoms with E-state index in [0.717, 1.165) is 32.1 Å². The number of ether oxygens (including phenoxy) is 2. The zero-order valence-corrected chi connectivity index (χ0v) is 20.2. The normalized spacial score (nSPS) is 25.0. The molecular formula is C26H30N2O7. The Labute approximate surface area is 203 Å². The quantitative estimate of drug-likeness (QED) is 0.288. The Bertz CT molecular complexity index is 1130. The van der Waals surface area contributed by atoms with Crippen molar-refractivity contribution in [3.05, 3.63) is 62.5 Å². The lowest BCUT2D eigenvalue weighted by Crippen LogP contribution is -2.43. The fourth-order valence-electron chi connectivity index (χ4n) is 5.56. The highest BCUT2D eigenvalue weighted by atomic mass is 16.6. The first kappa shape index (κ1) is 24.6. The lowest BCUT2D eigenvalue weighted by Gasteiger charge is -2.38. The minimum Gasteiger partial charge on any atom is -0.468 e. The molecule has 1 saturated carbocycles. The number of benzene rings is 1. The molecular weight excluding hydrogens is 452 g/mol. The molecule has 1 heterocycles. The van der Waals surface area contributed by atoms with E-state index in [2.05, 4.69) is 5.32 Å². The molecule has 0 bridgehead atoms. The lowest BCUT2D eigenvalue weighted by molar-refractivity contribution is -0.385. The maximum atomic E-state index is 13.8. The summed E-state index contributed by atoms with van der Waals surface area (Å²) in [6.07, 6.45) is 4.67.